The van der Waals surface area contributed by atoms with Gasteiger partial charge in [-0.05, 0) is 51.1 Å². The second kappa shape index (κ2) is 11.2. The number of phenols is 1. The first kappa shape index (κ1) is 30.6. The zero-order valence-corrected chi connectivity index (χ0v) is 24.5. The number of hydrogen-bond acceptors (Lipinski definition) is 12. The Hall–Kier alpha value is -4.46. The molecule has 2 bridgehead atoms. The maximum Gasteiger partial charge on any atom is 0.349 e. The van der Waals surface area contributed by atoms with Crippen LogP contribution in [0, 0.1) is 0 Å². The molecule has 1 saturated heterocycles. The van der Waals surface area contributed by atoms with Crippen LogP contribution >= 0.6 is 0 Å². The van der Waals surface area contributed by atoms with Gasteiger partial charge in [-0.15, -0.1) is 0 Å². The number of likely N-dealkylation sites (tertiary alicyclic amines) is 1. The Balaban J connectivity index is 1.12. The number of aliphatic carboxylic acids is 1. The van der Waals surface area contributed by atoms with Gasteiger partial charge in [-0.3, -0.25) is 4.79 Å². The Bertz CT molecular complexity index is 1590. The summed E-state index contributed by atoms with van der Waals surface area (Å²) in [5, 5.41) is 42.7. The van der Waals surface area contributed by atoms with Gasteiger partial charge in [-0.1, -0.05) is 36.4 Å². The van der Waals surface area contributed by atoms with Crippen LogP contribution in [-0.4, -0.2) is 92.8 Å². The molecule has 7 atom stereocenters. The van der Waals surface area contributed by atoms with Crippen molar-refractivity contribution >= 4 is 23.9 Å². The van der Waals surface area contributed by atoms with Crippen LogP contribution in [0.25, 0.3) is 0 Å². The van der Waals surface area contributed by atoms with Crippen molar-refractivity contribution in [2.75, 3.05) is 13.6 Å². The molecule has 0 saturated carbocycles. The number of aliphatic hydroxyl groups excluding tert-OH is 1. The number of likely N-dealkylation sites (N-methyl/N-ethyl adjacent to an activating group) is 1. The molecule has 2 aliphatic carbocycles. The Morgan fingerprint density at radius 1 is 1.09 bits per heavy atom. The number of rotatable bonds is 9. The monoisotopic (exact) mass is 623 g/mol. The molecule has 13 nitrogen and oxygen atoms in total. The number of carboxylic acids is 1. The summed E-state index contributed by atoms with van der Waals surface area (Å²) < 4.78 is 21.8. The molecule has 45 heavy (non-hydrogen) atoms. The number of nitrogens with zero attached hydrogens (tertiary/aromatic N) is 1. The molecule has 2 heterocycles. The van der Waals surface area contributed by atoms with Crippen molar-refractivity contribution in [1.82, 2.24) is 4.90 Å². The fraction of sp³-hybridized carbons (Fsp3) is 0.438. The minimum atomic E-state index is -2.02. The van der Waals surface area contributed by atoms with Crippen LogP contribution < -0.4 is 4.74 Å². The molecular weight excluding hydrogens is 590 g/mol. The molecule has 0 radical (unpaired) electrons. The van der Waals surface area contributed by atoms with Crippen LogP contribution in [0.2, 0.25) is 0 Å². The molecule has 4 aliphatic rings. The van der Waals surface area contributed by atoms with E-state index >= 15 is 0 Å². The number of phenolic OH excluding ortho intramolecular Hbond substituents is 1. The lowest BCUT2D eigenvalue weighted by Gasteiger charge is -2.61. The Morgan fingerprint density at radius 3 is 2.53 bits per heavy atom. The Labute approximate surface area is 257 Å². The van der Waals surface area contributed by atoms with Gasteiger partial charge in [0.15, 0.2) is 29.8 Å². The zero-order chi connectivity index (χ0) is 32.3. The molecule has 1 spiro atoms. The largest absolute Gasteiger partial charge is 0.504 e. The number of esters is 3. The van der Waals surface area contributed by atoms with E-state index in [-0.39, 0.29) is 35.3 Å². The molecule has 0 aromatic heterocycles. The molecular formula is C32H33NO12. The standard InChI is InChI=1S/C32H33NO12/c1-16(29(39)45-25(28(37)38)17-6-4-3-5-7-17)42-30(40)20(35)15-23(36)43-21-10-11-32(41)22-14-18-8-9-19(34)26-24(18)31(32,27(21)44-26)12-13-33(22)2/h3-10,16,20,22,25,27,34-35,41H,11-15H2,1-2H3,(H,37,38)/t16-,20-,22+,25-,27-,31-,32+/m0/s1. The van der Waals surface area contributed by atoms with E-state index < -0.39 is 65.7 Å². The van der Waals surface area contributed by atoms with E-state index in [9.17, 15) is 39.6 Å². The number of benzene rings is 2. The van der Waals surface area contributed by atoms with E-state index in [1.807, 2.05) is 13.1 Å². The number of ether oxygens (including phenoxy) is 4. The number of piperidine rings is 1. The second-order valence-corrected chi connectivity index (χ2v) is 11.9. The lowest BCUT2D eigenvalue weighted by molar-refractivity contribution is -0.180. The van der Waals surface area contributed by atoms with Gasteiger partial charge in [0, 0.05) is 23.6 Å². The topological polar surface area (TPSA) is 189 Å². The van der Waals surface area contributed by atoms with Gasteiger partial charge in [-0.2, -0.15) is 0 Å². The van der Waals surface area contributed by atoms with Crippen LogP contribution in [-0.2, 0) is 45.2 Å². The van der Waals surface area contributed by atoms with E-state index in [1.165, 1.54) is 12.1 Å². The Morgan fingerprint density at radius 2 is 1.82 bits per heavy atom. The lowest BCUT2D eigenvalue weighted by atomic mass is 9.50. The van der Waals surface area contributed by atoms with Crippen LogP contribution in [0.1, 0.15) is 49.0 Å². The summed E-state index contributed by atoms with van der Waals surface area (Å²) >= 11 is 0. The SMILES string of the molecule is C[C@H](OC(=O)[C@@H](O)CC(=O)OC1=CC[C@@]2(O)[C@H]3Cc4ccc(O)c5c4[C@@]2(CCN3C)[C@H]1O5)C(=O)O[C@H](C(=O)O)c1ccccc1. The van der Waals surface area contributed by atoms with Crippen molar-refractivity contribution in [3.05, 3.63) is 71.0 Å². The fourth-order valence-electron chi connectivity index (χ4n) is 7.25. The van der Waals surface area contributed by atoms with Gasteiger partial charge >= 0.3 is 23.9 Å². The van der Waals surface area contributed by atoms with Crippen LogP contribution in [0.3, 0.4) is 0 Å². The summed E-state index contributed by atoms with van der Waals surface area (Å²) in [6.45, 7) is 1.77. The van der Waals surface area contributed by atoms with Gasteiger partial charge in [0.25, 0.3) is 0 Å². The predicted molar refractivity (Wildman–Crippen MR) is 152 cm³/mol. The van der Waals surface area contributed by atoms with Gasteiger partial charge < -0.3 is 44.3 Å². The lowest BCUT2D eigenvalue weighted by Crippen LogP contribution is -2.74. The highest BCUT2D eigenvalue weighted by molar-refractivity contribution is 5.86. The van der Waals surface area contributed by atoms with Crippen molar-refractivity contribution in [1.29, 1.82) is 0 Å². The summed E-state index contributed by atoms with van der Waals surface area (Å²) in [6, 6.07) is 10.8. The first-order valence-electron chi connectivity index (χ1n) is 14.6. The first-order chi connectivity index (χ1) is 21.4. The third kappa shape index (κ3) is 4.82. The average Bonchev–Trinajstić information content (AvgIpc) is 3.37. The summed E-state index contributed by atoms with van der Waals surface area (Å²) in [4.78, 5) is 51.7. The van der Waals surface area contributed by atoms with E-state index in [4.69, 9.17) is 18.9 Å². The minimum absolute atomic E-state index is 0.0906. The average molecular weight is 624 g/mol. The van der Waals surface area contributed by atoms with Crippen molar-refractivity contribution in [2.45, 2.75) is 74.1 Å². The van der Waals surface area contributed by atoms with Crippen molar-refractivity contribution < 1.29 is 58.6 Å². The normalized spacial score (nSPS) is 28.0. The third-order valence-corrected chi connectivity index (χ3v) is 9.40. The highest BCUT2D eigenvalue weighted by Crippen LogP contribution is 2.65. The maximum absolute atomic E-state index is 13.0. The van der Waals surface area contributed by atoms with Crippen molar-refractivity contribution in [3.8, 4) is 11.5 Å². The molecule has 0 amide bonds. The number of carboxylic acid groups (broad SMARTS) is 1. The summed E-state index contributed by atoms with van der Waals surface area (Å²) in [6.07, 6.45) is -4.30. The molecule has 2 aromatic carbocycles. The van der Waals surface area contributed by atoms with E-state index in [1.54, 1.807) is 30.3 Å². The van der Waals surface area contributed by atoms with Crippen molar-refractivity contribution in [3.63, 3.8) is 0 Å². The predicted octanol–water partition coefficient (Wildman–Crippen LogP) is 1.26. The van der Waals surface area contributed by atoms with E-state index in [2.05, 4.69) is 4.90 Å². The van der Waals surface area contributed by atoms with Crippen LogP contribution in [0.15, 0.2) is 54.3 Å². The summed E-state index contributed by atoms with van der Waals surface area (Å²) in [7, 11) is 1.95. The van der Waals surface area contributed by atoms with Crippen molar-refractivity contribution in [2.24, 2.45) is 0 Å². The molecule has 2 aliphatic heterocycles. The molecule has 6 rings (SSSR count). The van der Waals surface area contributed by atoms with Crippen LogP contribution in [0.5, 0.6) is 11.5 Å². The van der Waals surface area contributed by atoms with E-state index in [0.717, 1.165) is 12.5 Å². The smallest absolute Gasteiger partial charge is 0.349 e. The fourth-order valence-corrected chi connectivity index (χ4v) is 7.25. The highest BCUT2D eigenvalue weighted by atomic mass is 16.6. The van der Waals surface area contributed by atoms with Crippen LogP contribution in [0.4, 0.5) is 0 Å². The third-order valence-electron chi connectivity index (χ3n) is 9.40. The zero-order valence-electron chi connectivity index (χ0n) is 24.5. The summed E-state index contributed by atoms with van der Waals surface area (Å²) in [5.41, 5.74) is -0.413. The van der Waals surface area contributed by atoms with Gasteiger partial charge in [0.2, 0.25) is 6.10 Å². The molecule has 13 heteroatoms. The van der Waals surface area contributed by atoms with Gasteiger partial charge in [0.05, 0.1) is 17.4 Å². The molecule has 0 unspecified atom stereocenters. The van der Waals surface area contributed by atoms with Gasteiger partial charge in [-0.25, -0.2) is 14.4 Å². The quantitative estimate of drug-likeness (QED) is 0.231. The number of carbonyl (C=O) groups excluding carboxylic acids is 3. The minimum Gasteiger partial charge on any atom is -0.504 e. The van der Waals surface area contributed by atoms with E-state index in [0.29, 0.717) is 24.9 Å². The number of aliphatic hydroxyl groups is 2. The Kier molecular flexibility index (Phi) is 7.58. The molecule has 238 valence electrons. The maximum atomic E-state index is 13.0. The number of aromatic hydroxyl groups is 1. The molecule has 4 N–H and O–H groups in total. The highest BCUT2D eigenvalue weighted by Gasteiger charge is 2.72. The molecule has 1 fully saturated rings. The van der Waals surface area contributed by atoms with Gasteiger partial charge in [0.1, 0.15) is 5.76 Å². The summed E-state index contributed by atoms with van der Waals surface area (Å²) in [5.74, 6) is -4.68. The number of hydrogen-bond donors (Lipinski definition) is 4. The molecule has 2 aromatic rings. The first-order valence-corrected chi connectivity index (χ1v) is 14.6. The second-order valence-electron chi connectivity index (χ2n) is 11.9. The number of carbonyl (C=O) groups is 4.